The molecule has 0 aliphatic rings. The van der Waals surface area contributed by atoms with Gasteiger partial charge >= 0.3 is 0 Å². The van der Waals surface area contributed by atoms with Crippen molar-refractivity contribution in [3.05, 3.63) is 23.3 Å². The van der Waals surface area contributed by atoms with Gasteiger partial charge in [-0.15, -0.1) is 12.3 Å². The van der Waals surface area contributed by atoms with Gasteiger partial charge in [0.1, 0.15) is 11.5 Å². The Morgan fingerprint density at radius 1 is 1.23 bits per heavy atom. The van der Waals surface area contributed by atoms with Crippen LogP contribution >= 0.6 is 0 Å². The molecule has 0 saturated carbocycles. The van der Waals surface area contributed by atoms with Gasteiger partial charge in [-0.3, -0.25) is 4.79 Å². The van der Waals surface area contributed by atoms with Crippen molar-refractivity contribution in [3.63, 3.8) is 0 Å². The van der Waals surface area contributed by atoms with Crippen LogP contribution in [0.25, 0.3) is 0 Å². The molecule has 120 valence electrons. The number of rotatable bonds is 7. The van der Waals surface area contributed by atoms with Crippen LogP contribution in [0.1, 0.15) is 43.1 Å². The molecule has 0 aliphatic carbocycles. The first-order chi connectivity index (χ1) is 10.4. The molecule has 0 aromatic heterocycles. The van der Waals surface area contributed by atoms with Gasteiger partial charge in [-0.2, -0.15) is 0 Å². The van der Waals surface area contributed by atoms with Gasteiger partial charge in [-0.25, -0.2) is 0 Å². The Balaban J connectivity index is 3.12. The molecular weight excluding hydrogens is 278 g/mol. The van der Waals surface area contributed by atoms with E-state index in [9.17, 15) is 4.79 Å². The fourth-order valence-corrected chi connectivity index (χ4v) is 2.02. The predicted octanol–water partition coefficient (Wildman–Crippen LogP) is 3.04. The lowest BCUT2D eigenvalue weighted by molar-refractivity contribution is 0.0929. The number of amides is 1. The minimum absolute atomic E-state index is 0.0885. The van der Waals surface area contributed by atoms with Crippen molar-refractivity contribution in [2.75, 3.05) is 14.2 Å². The zero-order valence-corrected chi connectivity index (χ0v) is 14.0. The Morgan fingerprint density at radius 2 is 1.77 bits per heavy atom. The van der Waals surface area contributed by atoms with E-state index in [-0.39, 0.29) is 11.9 Å². The number of carbonyl (C=O) groups excluding carboxylic acids is 1. The second-order valence-corrected chi connectivity index (χ2v) is 5.57. The molecule has 1 amide bonds. The van der Waals surface area contributed by atoms with Gasteiger partial charge in [0.2, 0.25) is 0 Å². The number of carbonyl (C=O) groups is 1. The van der Waals surface area contributed by atoms with Crippen LogP contribution in [0.2, 0.25) is 0 Å². The Kier molecular flexibility index (Phi) is 6.78. The van der Waals surface area contributed by atoms with Crippen LogP contribution in [-0.2, 0) is 6.42 Å². The number of methoxy groups -OCH3 is 2. The largest absolute Gasteiger partial charge is 0.496 e. The fourth-order valence-electron chi connectivity index (χ4n) is 2.02. The maximum atomic E-state index is 12.4. The van der Waals surface area contributed by atoms with Crippen LogP contribution in [-0.4, -0.2) is 26.2 Å². The summed E-state index contributed by atoms with van der Waals surface area (Å²) in [5.74, 6) is 4.07. The molecule has 0 spiro atoms. The monoisotopic (exact) mass is 303 g/mol. The average Bonchev–Trinajstić information content (AvgIpc) is 2.51. The summed E-state index contributed by atoms with van der Waals surface area (Å²) in [6, 6.07) is 3.55. The molecule has 0 unspecified atom stereocenters. The van der Waals surface area contributed by atoms with Crippen LogP contribution in [0.5, 0.6) is 11.5 Å². The third-order valence-corrected chi connectivity index (χ3v) is 3.75. The third kappa shape index (κ3) is 4.42. The lowest BCUT2D eigenvalue weighted by Crippen LogP contribution is -2.36. The summed E-state index contributed by atoms with van der Waals surface area (Å²) in [6.45, 7) is 6.11. The zero-order chi connectivity index (χ0) is 16.7. The zero-order valence-electron chi connectivity index (χ0n) is 14.0. The van der Waals surface area contributed by atoms with Crippen molar-refractivity contribution in [1.82, 2.24) is 5.32 Å². The molecular formula is C18H25NO3. The molecule has 1 aromatic carbocycles. The summed E-state index contributed by atoms with van der Waals surface area (Å²) in [7, 11) is 3.15. The van der Waals surface area contributed by atoms with Crippen molar-refractivity contribution in [2.24, 2.45) is 5.92 Å². The van der Waals surface area contributed by atoms with Gasteiger partial charge in [0.25, 0.3) is 5.91 Å². The van der Waals surface area contributed by atoms with Gasteiger partial charge < -0.3 is 14.8 Å². The summed E-state index contributed by atoms with van der Waals surface area (Å²) in [6.07, 6.45) is 6.56. The number of hydrogen-bond donors (Lipinski definition) is 1. The molecule has 0 saturated heterocycles. The Bertz CT molecular complexity index is 533. The van der Waals surface area contributed by atoms with E-state index in [0.717, 1.165) is 5.56 Å². The van der Waals surface area contributed by atoms with Gasteiger partial charge in [0.05, 0.1) is 14.2 Å². The van der Waals surface area contributed by atoms with Crippen LogP contribution < -0.4 is 14.8 Å². The molecule has 1 atom stereocenters. The smallest absolute Gasteiger partial charge is 0.251 e. The molecule has 0 fully saturated rings. The first-order valence-corrected chi connectivity index (χ1v) is 7.43. The van der Waals surface area contributed by atoms with Crippen molar-refractivity contribution < 1.29 is 14.3 Å². The number of nitrogens with one attached hydrogen (secondary N) is 1. The molecule has 0 aliphatic heterocycles. The summed E-state index contributed by atoms with van der Waals surface area (Å²) >= 11 is 0. The summed E-state index contributed by atoms with van der Waals surface area (Å²) in [4.78, 5) is 12.4. The van der Waals surface area contributed by atoms with Gasteiger partial charge in [-0.05, 0) is 31.4 Å². The van der Waals surface area contributed by atoms with Gasteiger partial charge in [-0.1, -0.05) is 13.8 Å². The average molecular weight is 303 g/mol. The van der Waals surface area contributed by atoms with E-state index in [1.807, 2.05) is 6.92 Å². The number of terminal acetylenes is 1. The van der Waals surface area contributed by atoms with Crippen LogP contribution in [0, 0.1) is 18.3 Å². The molecule has 0 radical (unpaired) electrons. The second kappa shape index (κ2) is 8.33. The van der Waals surface area contributed by atoms with Crippen molar-refractivity contribution in [2.45, 2.75) is 39.7 Å². The predicted molar refractivity (Wildman–Crippen MR) is 88.5 cm³/mol. The second-order valence-electron chi connectivity index (χ2n) is 5.57. The summed E-state index contributed by atoms with van der Waals surface area (Å²) < 4.78 is 10.8. The minimum Gasteiger partial charge on any atom is -0.496 e. The van der Waals surface area contributed by atoms with Crippen LogP contribution in [0.4, 0.5) is 0 Å². The summed E-state index contributed by atoms with van der Waals surface area (Å²) in [5.41, 5.74) is 1.40. The minimum atomic E-state index is -0.138. The number of hydrogen-bond acceptors (Lipinski definition) is 3. The SMILES string of the molecule is C#CCCc1c(OC)cc(C(=O)N[C@@H](C)C(C)C)cc1OC. The molecule has 0 heterocycles. The van der Waals surface area contributed by atoms with Crippen molar-refractivity contribution in [3.8, 4) is 23.8 Å². The van der Waals surface area contributed by atoms with E-state index in [0.29, 0.717) is 35.8 Å². The lowest BCUT2D eigenvalue weighted by atomic mass is 10.0. The van der Waals surface area contributed by atoms with E-state index in [1.165, 1.54) is 0 Å². The fraction of sp³-hybridized carbons (Fsp3) is 0.500. The first-order valence-electron chi connectivity index (χ1n) is 7.43. The molecule has 0 bridgehead atoms. The lowest BCUT2D eigenvalue weighted by Gasteiger charge is -2.19. The first kappa shape index (κ1) is 17.9. The summed E-state index contributed by atoms with van der Waals surface area (Å²) in [5, 5.41) is 2.98. The standard InChI is InChI=1S/C18H25NO3/c1-7-8-9-15-16(21-5)10-14(11-17(15)22-6)18(20)19-13(4)12(2)3/h1,10-13H,8-9H2,2-6H3,(H,19,20)/t13-/m0/s1. The van der Waals surface area contributed by atoms with E-state index in [1.54, 1.807) is 26.4 Å². The normalized spacial score (nSPS) is 11.7. The van der Waals surface area contributed by atoms with Crippen LogP contribution in [0.15, 0.2) is 12.1 Å². The molecule has 22 heavy (non-hydrogen) atoms. The highest BCUT2D eigenvalue weighted by Crippen LogP contribution is 2.31. The maximum absolute atomic E-state index is 12.4. The number of ether oxygens (including phenoxy) is 2. The highest BCUT2D eigenvalue weighted by molar-refractivity contribution is 5.95. The van der Waals surface area contributed by atoms with Gasteiger partial charge in [0.15, 0.2) is 0 Å². The molecule has 4 nitrogen and oxygen atoms in total. The van der Waals surface area contributed by atoms with E-state index < -0.39 is 0 Å². The van der Waals surface area contributed by atoms with Gasteiger partial charge in [0, 0.05) is 23.6 Å². The quantitative estimate of drug-likeness (QED) is 0.788. The highest BCUT2D eigenvalue weighted by Gasteiger charge is 2.18. The van der Waals surface area contributed by atoms with Crippen LogP contribution in [0.3, 0.4) is 0 Å². The molecule has 1 rings (SSSR count). The molecule has 1 aromatic rings. The topological polar surface area (TPSA) is 47.6 Å². The Morgan fingerprint density at radius 3 is 2.18 bits per heavy atom. The van der Waals surface area contributed by atoms with E-state index in [4.69, 9.17) is 15.9 Å². The third-order valence-electron chi connectivity index (χ3n) is 3.75. The van der Waals surface area contributed by atoms with E-state index >= 15 is 0 Å². The molecule has 4 heteroatoms. The number of benzene rings is 1. The maximum Gasteiger partial charge on any atom is 0.251 e. The Labute approximate surface area is 133 Å². The van der Waals surface area contributed by atoms with Crippen molar-refractivity contribution >= 4 is 5.91 Å². The van der Waals surface area contributed by atoms with E-state index in [2.05, 4.69) is 25.1 Å². The highest BCUT2D eigenvalue weighted by atomic mass is 16.5. The van der Waals surface area contributed by atoms with Crippen molar-refractivity contribution in [1.29, 1.82) is 0 Å². The molecule has 1 N–H and O–H groups in total. The Hall–Kier alpha value is -2.15.